The topological polar surface area (TPSA) is 85.2 Å². The van der Waals surface area contributed by atoms with E-state index in [0.29, 0.717) is 23.7 Å². The number of anilines is 1. The number of hydrogen-bond donors (Lipinski definition) is 2. The predicted octanol–water partition coefficient (Wildman–Crippen LogP) is 2.12. The molecule has 3 rings (SSSR count). The van der Waals surface area contributed by atoms with E-state index >= 15 is 0 Å². The minimum Gasteiger partial charge on any atom is -0.356 e. The van der Waals surface area contributed by atoms with Crippen molar-refractivity contribution in [2.45, 2.75) is 38.6 Å². The summed E-state index contributed by atoms with van der Waals surface area (Å²) in [6.07, 6.45) is 4.25. The number of amides is 2. The molecule has 2 atom stereocenters. The number of rotatable bonds is 6. The van der Waals surface area contributed by atoms with Crippen LogP contribution in [0.2, 0.25) is 0 Å². The van der Waals surface area contributed by atoms with Crippen molar-refractivity contribution in [2.75, 3.05) is 25.0 Å². The van der Waals surface area contributed by atoms with E-state index in [9.17, 15) is 9.59 Å². The van der Waals surface area contributed by atoms with Gasteiger partial charge in [0.25, 0.3) is 0 Å². The summed E-state index contributed by atoms with van der Waals surface area (Å²) in [6.45, 7) is 4.09. The standard InChI is InChI=1S/C20H26N4O2/c1-14(19(25)23-18-6-2-4-16(10-18)11-21)24-9-3-5-17(13-24)20(26)22-12-15-7-8-15/h2,4,6,10,14-15,17H,3,5,7-9,12-13H2,1H3,(H,22,26)(H,23,25). The second-order valence-corrected chi connectivity index (χ2v) is 7.38. The highest BCUT2D eigenvalue weighted by Crippen LogP contribution is 2.28. The smallest absolute Gasteiger partial charge is 0.241 e. The highest BCUT2D eigenvalue weighted by atomic mass is 16.2. The lowest BCUT2D eigenvalue weighted by molar-refractivity contribution is -0.129. The van der Waals surface area contributed by atoms with Crippen molar-refractivity contribution < 1.29 is 9.59 Å². The molecule has 6 nitrogen and oxygen atoms in total. The third-order valence-corrected chi connectivity index (χ3v) is 5.27. The van der Waals surface area contributed by atoms with Crippen LogP contribution < -0.4 is 10.6 Å². The molecular formula is C20H26N4O2. The zero-order chi connectivity index (χ0) is 18.5. The molecule has 1 aliphatic heterocycles. The van der Waals surface area contributed by atoms with Crippen LogP contribution in [0.25, 0.3) is 0 Å². The third kappa shape index (κ3) is 4.83. The summed E-state index contributed by atoms with van der Waals surface area (Å²) < 4.78 is 0. The Balaban J connectivity index is 1.53. The summed E-state index contributed by atoms with van der Waals surface area (Å²) in [5.41, 5.74) is 1.14. The Labute approximate surface area is 154 Å². The van der Waals surface area contributed by atoms with Crippen LogP contribution in [0.4, 0.5) is 5.69 Å². The molecule has 1 saturated carbocycles. The van der Waals surface area contributed by atoms with Gasteiger partial charge in [-0.15, -0.1) is 0 Å². The van der Waals surface area contributed by atoms with Crippen LogP contribution in [0.15, 0.2) is 24.3 Å². The molecule has 1 aromatic rings. The van der Waals surface area contributed by atoms with Crippen LogP contribution in [0, 0.1) is 23.2 Å². The maximum atomic E-state index is 12.6. The molecule has 0 spiro atoms. The Morgan fingerprint density at radius 1 is 1.35 bits per heavy atom. The highest BCUT2D eigenvalue weighted by molar-refractivity contribution is 5.94. The van der Waals surface area contributed by atoms with E-state index in [0.717, 1.165) is 25.9 Å². The first-order chi connectivity index (χ1) is 12.6. The van der Waals surface area contributed by atoms with E-state index in [-0.39, 0.29) is 23.8 Å². The summed E-state index contributed by atoms with van der Waals surface area (Å²) in [6, 6.07) is 8.64. The molecule has 138 valence electrons. The van der Waals surface area contributed by atoms with Gasteiger partial charge in [0.15, 0.2) is 0 Å². The van der Waals surface area contributed by atoms with Gasteiger partial charge in [-0.2, -0.15) is 5.26 Å². The van der Waals surface area contributed by atoms with Crippen molar-refractivity contribution in [3.63, 3.8) is 0 Å². The SMILES string of the molecule is CC(C(=O)Nc1cccc(C#N)c1)N1CCCC(C(=O)NCC2CC2)C1. The Morgan fingerprint density at radius 3 is 2.88 bits per heavy atom. The van der Waals surface area contributed by atoms with Gasteiger partial charge in [-0.1, -0.05) is 6.07 Å². The van der Waals surface area contributed by atoms with Gasteiger partial charge in [-0.25, -0.2) is 0 Å². The van der Waals surface area contributed by atoms with E-state index in [1.54, 1.807) is 24.3 Å². The number of benzene rings is 1. The monoisotopic (exact) mass is 354 g/mol. The van der Waals surface area contributed by atoms with Crippen molar-refractivity contribution in [3.8, 4) is 6.07 Å². The zero-order valence-electron chi connectivity index (χ0n) is 15.2. The molecule has 0 aromatic heterocycles. The molecule has 2 amide bonds. The summed E-state index contributed by atoms with van der Waals surface area (Å²) in [5.74, 6) is 0.641. The number of piperidine rings is 1. The largest absolute Gasteiger partial charge is 0.356 e. The van der Waals surface area contributed by atoms with Crippen LogP contribution in [0.1, 0.15) is 38.2 Å². The fraction of sp³-hybridized carbons (Fsp3) is 0.550. The maximum absolute atomic E-state index is 12.6. The number of carbonyl (C=O) groups is 2. The molecule has 1 aliphatic carbocycles. The van der Waals surface area contributed by atoms with Gasteiger partial charge in [-0.05, 0) is 63.3 Å². The van der Waals surface area contributed by atoms with Crippen LogP contribution >= 0.6 is 0 Å². The number of hydrogen-bond acceptors (Lipinski definition) is 4. The number of nitriles is 1. The summed E-state index contributed by atoms with van der Waals surface area (Å²) in [4.78, 5) is 27.0. The van der Waals surface area contributed by atoms with Gasteiger partial charge < -0.3 is 10.6 Å². The lowest BCUT2D eigenvalue weighted by atomic mass is 9.95. The highest BCUT2D eigenvalue weighted by Gasteiger charge is 2.31. The molecule has 2 aliphatic rings. The molecule has 1 heterocycles. The lowest BCUT2D eigenvalue weighted by Crippen LogP contribution is -2.50. The maximum Gasteiger partial charge on any atom is 0.241 e. The fourth-order valence-corrected chi connectivity index (χ4v) is 3.36. The molecular weight excluding hydrogens is 328 g/mol. The van der Waals surface area contributed by atoms with Gasteiger partial charge in [-0.3, -0.25) is 14.5 Å². The van der Waals surface area contributed by atoms with E-state index < -0.39 is 0 Å². The second kappa shape index (κ2) is 8.33. The van der Waals surface area contributed by atoms with Crippen molar-refractivity contribution in [1.82, 2.24) is 10.2 Å². The minimum absolute atomic E-state index is 0.0420. The van der Waals surface area contributed by atoms with Gasteiger partial charge >= 0.3 is 0 Å². The van der Waals surface area contributed by atoms with Crippen LogP contribution in [0.3, 0.4) is 0 Å². The van der Waals surface area contributed by atoms with Gasteiger partial charge in [0.05, 0.1) is 23.6 Å². The molecule has 0 bridgehead atoms. The van der Waals surface area contributed by atoms with Crippen LogP contribution in [-0.4, -0.2) is 42.4 Å². The lowest BCUT2D eigenvalue weighted by Gasteiger charge is -2.35. The molecule has 2 unspecified atom stereocenters. The molecule has 1 saturated heterocycles. The Morgan fingerprint density at radius 2 is 2.15 bits per heavy atom. The van der Waals surface area contributed by atoms with E-state index in [1.807, 2.05) is 6.92 Å². The molecule has 1 aromatic carbocycles. The predicted molar refractivity (Wildman–Crippen MR) is 99.3 cm³/mol. The number of nitrogens with zero attached hydrogens (tertiary/aromatic N) is 2. The average molecular weight is 354 g/mol. The molecule has 6 heteroatoms. The average Bonchev–Trinajstić information content (AvgIpc) is 3.50. The quantitative estimate of drug-likeness (QED) is 0.819. The Bertz CT molecular complexity index is 708. The molecule has 2 fully saturated rings. The van der Waals surface area contributed by atoms with E-state index in [1.165, 1.54) is 12.8 Å². The summed E-state index contributed by atoms with van der Waals surface area (Å²) in [7, 11) is 0. The minimum atomic E-state index is -0.320. The first-order valence-electron chi connectivity index (χ1n) is 9.39. The Kier molecular flexibility index (Phi) is 5.89. The number of nitrogens with one attached hydrogen (secondary N) is 2. The van der Waals surface area contributed by atoms with Crippen molar-refractivity contribution >= 4 is 17.5 Å². The number of carbonyl (C=O) groups excluding carboxylic acids is 2. The Hall–Kier alpha value is -2.39. The summed E-state index contributed by atoms with van der Waals surface area (Å²) >= 11 is 0. The van der Waals surface area contributed by atoms with E-state index in [4.69, 9.17) is 5.26 Å². The van der Waals surface area contributed by atoms with Gasteiger partial charge in [0, 0.05) is 18.8 Å². The van der Waals surface area contributed by atoms with Crippen molar-refractivity contribution in [1.29, 1.82) is 5.26 Å². The van der Waals surface area contributed by atoms with Crippen LogP contribution in [0.5, 0.6) is 0 Å². The number of likely N-dealkylation sites (tertiary alicyclic amines) is 1. The fourth-order valence-electron chi connectivity index (χ4n) is 3.36. The van der Waals surface area contributed by atoms with Gasteiger partial charge in [0.2, 0.25) is 11.8 Å². The van der Waals surface area contributed by atoms with Crippen molar-refractivity contribution in [3.05, 3.63) is 29.8 Å². The van der Waals surface area contributed by atoms with E-state index in [2.05, 4.69) is 21.6 Å². The van der Waals surface area contributed by atoms with Gasteiger partial charge in [0.1, 0.15) is 0 Å². The first kappa shape index (κ1) is 18.4. The zero-order valence-corrected chi connectivity index (χ0v) is 15.2. The molecule has 26 heavy (non-hydrogen) atoms. The third-order valence-electron chi connectivity index (χ3n) is 5.27. The molecule has 0 radical (unpaired) electrons. The molecule has 2 N–H and O–H groups in total. The normalized spacial score (nSPS) is 21.5. The summed E-state index contributed by atoms with van der Waals surface area (Å²) in [5, 5.41) is 14.9. The van der Waals surface area contributed by atoms with Crippen LogP contribution in [-0.2, 0) is 9.59 Å². The second-order valence-electron chi connectivity index (χ2n) is 7.38. The first-order valence-corrected chi connectivity index (χ1v) is 9.39. The van der Waals surface area contributed by atoms with Crippen molar-refractivity contribution in [2.24, 2.45) is 11.8 Å².